The van der Waals surface area contributed by atoms with Gasteiger partial charge in [-0.2, -0.15) is 0 Å². The second-order valence-corrected chi connectivity index (χ2v) is 4.60. The Bertz CT molecular complexity index is 411. The topological polar surface area (TPSA) is 62.9 Å². The van der Waals surface area contributed by atoms with Crippen molar-refractivity contribution in [3.05, 3.63) is 29.3 Å². The van der Waals surface area contributed by atoms with Crippen LogP contribution >= 0.6 is 0 Å². The molecule has 0 saturated heterocycles. The van der Waals surface area contributed by atoms with E-state index in [1.54, 1.807) is 7.11 Å². The van der Waals surface area contributed by atoms with E-state index >= 15 is 0 Å². The van der Waals surface area contributed by atoms with E-state index in [1.165, 1.54) is 11.1 Å². The summed E-state index contributed by atoms with van der Waals surface area (Å²) >= 11 is 0. The van der Waals surface area contributed by atoms with Crippen molar-refractivity contribution in [1.82, 2.24) is 5.43 Å². The molecule has 1 aromatic carbocycles. The van der Waals surface area contributed by atoms with Gasteiger partial charge < -0.3 is 9.64 Å². The molecule has 0 radical (unpaired) electrons. The molecular weight excluding hydrogens is 240 g/mol. The molecule has 0 aliphatic heterocycles. The lowest BCUT2D eigenvalue weighted by Gasteiger charge is -2.21. The highest BCUT2D eigenvalue weighted by Gasteiger charge is 2.08. The number of methoxy groups -OCH3 is 1. The van der Waals surface area contributed by atoms with Gasteiger partial charge >= 0.3 is 0 Å². The van der Waals surface area contributed by atoms with E-state index < -0.39 is 0 Å². The number of nitrogens with one attached hydrogen (secondary N) is 1. The van der Waals surface area contributed by atoms with Crippen LogP contribution < -0.4 is 16.2 Å². The minimum atomic E-state index is 0.654. The summed E-state index contributed by atoms with van der Waals surface area (Å²) < 4.78 is 5.00. The number of guanidine groups is 1. The monoisotopic (exact) mass is 264 g/mol. The van der Waals surface area contributed by atoms with Gasteiger partial charge in [0.15, 0.2) is 0 Å². The summed E-state index contributed by atoms with van der Waals surface area (Å²) in [5.74, 6) is 6.20. The molecule has 0 aliphatic rings. The molecule has 0 spiro atoms. The maximum absolute atomic E-state index is 5.55. The highest BCUT2D eigenvalue weighted by molar-refractivity contribution is 5.95. The number of anilines is 1. The first-order valence-electron chi connectivity index (χ1n) is 6.40. The fourth-order valence-electron chi connectivity index (χ4n) is 1.91. The maximum atomic E-state index is 5.55. The van der Waals surface area contributed by atoms with Gasteiger partial charge in [-0.15, -0.1) is 0 Å². The Balaban J connectivity index is 2.79. The maximum Gasteiger partial charge on any atom is 0.212 e. The van der Waals surface area contributed by atoms with Gasteiger partial charge in [0.2, 0.25) is 5.96 Å². The Kier molecular flexibility index (Phi) is 6.32. The van der Waals surface area contributed by atoms with Crippen LogP contribution in [0.15, 0.2) is 23.2 Å². The standard InChI is InChI=1S/C14H24N4O/c1-11-8-12(2)10-13(9-11)18(3)14(17-15)16-6-5-7-19-4/h8-10H,5-7,15H2,1-4H3,(H,16,17). The quantitative estimate of drug-likeness (QED) is 0.279. The third-order valence-corrected chi connectivity index (χ3v) is 2.81. The molecule has 5 heteroatoms. The number of ether oxygens (including phenoxy) is 1. The van der Waals surface area contributed by atoms with Crippen molar-refractivity contribution in [1.29, 1.82) is 0 Å². The third kappa shape index (κ3) is 4.89. The van der Waals surface area contributed by atoms with E-state index in [0.717, 1.165) is 12.1 Å². The Labute approximate surface area is 115 Å². The number of hydrazine groups is 1. The molecule has 1 aromatic rings. The summed E-state index contributed by atoms with van der Waals surface area (Å²) in [4.78, 5) is 6.39. The van der Waals surface area contributed by atoms with Crippen LogP contribution in [0.2, 0.25) is 0 Å². The predicted molar refractivity (Wildman–Crippen MR) is 80.4 cm³/mol. The predicted octanol–water partition coefficient (Wildman–Crippen LogP) is 1.60. The van der Waals surface area contributed by atoms with Gasteiger partial charge in [0, 0.05) is 33.0 Å². The van der Waals surface area contributed by atoms with E-state index in [2.05, 4.69) is 42.5 Å². The Morgan fingerprint density at radius 1 is 1.32 bits per heavy atom. The fraction of sp³-hybridized carbons (Fsp3) is 0.500. The Morgan fingerprint density at radius 3 is 2.47 bits per heavy atom. The third-order valence-electron chi connectivity index (χ3n) is 2.81. The number of rotatable bonds is 5. The molecule has 0 saturated carbocycles. The molecule has 0 unspecified atom stereocenters. The largest absolute Gasteiger partial charge is 0.385 e. The summed E-state index contributed by atoms with van der Waals surface area (Å²) in [5.41, 5.74) is 6.16. The Hall–Kier alpha value is -1.59. The molecule has 19 heavy (non-hydrogen) atoms. The molecule has 5 nitrogen and oxygen atoms in total. The molecule has 0 heterocycles. The molecule has 0 aliphatic carbocycles. The molecule has 1 rings (SSSR count). The molecule has 0 atom stereocenters. The van der Waals surface area contributed by atoms with Gasteiger partial charge in [0.05, 0.1) is 0 Å². The van der Waals surface area contributed by atoms with Crippen molar-refractivity contribution in [3.8, 4) is 0 Å². The smallest absolute Gasteiger partial charge is 0.212 e. The summed E-state index contributed by atoms with van der Waals surface area (Å²) in [5, 5.41) is 0. The SMILES string of the molecule is COCCCN=C(NN)N(C)c1cc(C)cc(C)c1. The number of nitrogens with two attached hydrogens (primary N) is 1. The van der Waals surface area contributed by atoms with Crippen molar-refractivity contribution in [2.45, 2.75) is 20.3 Å². The zero-order valence-corrected chi connectivity index (χ0v) is 12.2. The average Bonchev–Trinajstić information content (AvgIpc) is 2.37. The first-order chi connectivity index (χ1) is 9.08. The number of nitrogens with zero attached hydrogens (tertiary/aromatic N) is 2. The van der Waals surface area contributed by atoms with E-state index in [1.807, 2.05) is 11.9 Å². The molecule has 0 fully saturated rings. The highest BCUT2D eigenvalue weighted by Crippen LogP contribution is 2.17. The van der Waals surface area contributed by atoms with Gasteiger partial charge in [-0.05, 0) is 43.5 Å². The molecule has 0 bridgehead atoms. The summed E-state index contributed by atoms with van der Waals surface area (Å²) in [6.45, 7) is 5.54. The van der Waals surface area contributed by atoms with Crippen LogP contribution in [0.25, 0.3) is 0 Å². The van der Waals surface area contributed by atoms with Crippen molar-refractivity contribution >= 4 is 11.6 Å². The van der Waals surface area contributed by atoms with E-state index in [4.69, 9.17) is 10.6 Å². The second-order valence-electron chi connectivity index (χ2n) is 4.60. The number of hydrogen-bond acceptors (Lipinski definition) is 3. The molecule has 106 valence electrons. The van der Waals surface area contributed by atoms with Gasteiger partial charge in [-0.1, -0.05) is 6.07 Å². The summed E-state index contributed by atoms with van der Waals surface area (Å²) in [7, 11) is 3.64. The normalized spacial score (nSPS) is 11.5. The van der Waals surface area contributed by atoms with Crippen LogP contribution in [0.3, 0.4) is 0 Å². The summed E-state index contributed by atoms with van der Waals surface area (Å²) in [6, 6.07) is 6.35. The van der Waals surface area contributed by atoms with Gasteiger partial charge in [0.25, 0.3) is 0 Å². The van der Waals surface area contributed by atoms with Crippen molar-refractivity contribution in [3.63, 3.8) is 0 Å². The second kappa shape index (κ2) is 7.76. The number of aryl methyl sites for hydroxylation is 2. The highest BCUT2D eigenvalue weighted by atomic mass is 16.5. The van der Waals surface area contributed by atoms with Gasteiger partial charge in [-0.25, -0.2) is 5.84 Å². The molecule has 0 amide bonds. The molecular formula is C14H24N4O. The van der Waals surface area contributed by atoms with Crippen molar-refractivity contribution in [2.75, 3.05) is 32.2 Å². The molecule has 0 aromatic heterocycles. The average molecular weight is 264 g/mol. The van der Waals surface area contributed by atoms with Crippen LogP contribution in [-0.4, -0.2) is 33.3 Å². The lowest BCUT2D eigenvalue weighted by molar-refractivity contribution is 0.197. The lowest BCUT2D eigenvalue weighted by Crippen LogP contribution is -2.43. The Morgan fingerprint density at radius 2 is 1.95 bits per heavy atom. The summed E-state index contributed by atoms with van der Waals surface area (Å²) in [6.07, 6.45) is 0.877. The van der Waals surface area contributed by atoms with Crippen LogP contribution in [0.5, 0.6) is 0 Å². The van der Waals surface area contributed by atoms with Crippen molar-refractivity contribution in [2.24, 2.45) is 10.8 Å². The van der Waals surface area contributed by atoms with Crippen LogP contribution in [-0.2, 0) is 4.74 Å². The van der Waals surface area contributed by atoms with E-state index in [-0.39, 0.29) is 0 Å². The zero-order valence-electron chi connectivity index (χ0n) is 12.2. The fourth-order valence-corrected chi connectivity index (χ4v) is 1.91. The van der Waals surface area contributed by atoms with Crippen LogP contribution in [0.1, 0.15) is 17.5 Å². The lowest BCUT2D eigenvalue weighted by atomic mass is 10.1. The number of benzene rings is 1. The number of aliphatic imine (C=N–C) groups is 1. The first kappa shape index (κ1) is 15.5. The minimum absolute atomic E-state index is 0.654. The van der Waals surface area contributed by atoms with E-state index in [0.29, 0.717) is 19.1 Å². The first-order valence-corrected chi connectivity index (χ1v) is 6.40. The van der Waals surface area contributed by atoms with Crippen LogP contribution in [0.4, 0.5) is 5.69 Å². The zero-order chi connectivity index (χ0) is 14.3. The van der Waals surface area contributed by atoms with Gasteiger partial charge in [0.1, 0.15) is 0 Å². The molecule has 3 N–H and O–H groups in total. The van der Waals surface area contributed by atoms with Gasteiger partial charge in [-0.3, -0.25) is 10.4 Å². The van der Waals surface area contributed by atoms with Crippen LogP contribution in [0, 0.1) is 13.8 Å². The number of hydrogen-bond donors (Lipinski definition) is 2. The minimum Gasteiger partial charge on any atom is -0.385 e. The van der Waals surface area contributed by atoms with E-state index in [9.17, 15) is 0 Å². The van der Waals surface area contributed by atoms with Crippen molar-refractivity contribution < 1.29 is 4.74 Å².